The minimum Gasteiger partial charge on any atom is -0.469 e. The van der Waals surface area contributed by atoms with Gasteiger partial charge in [0.25, 0.3) is 0 Å². The van der Waals surface area contributed by atoms with E-state index >= 15 is 0 Å². The molecule has 4 atom stereocenters. The molecule has 2 aromatic carbocycles. The van der Waals surface area contributed by atoms with Gasteiger partial charge in [-0.2, -0.15) is 0 Å². The number of carbonyl (C=O) groups excluding carboxylic acids is 2. The van der Waals surface area contributed by atoms with Gasteiger partial charge in [0.05, 0.1) is 26.1 Å². The fourth-order valence-electron chi connectivity index (χ4n) is 3.79. The lowest BCUT2D eigenvalue weighted by atomic mass is 9.52. The Morgan fingerprint density at radius 3 is 1.29 bits per heavy atom. The molecule has 3 rings (SSSR count). The Morgan fingerprint density at radius 2 is 1.00 bits per heavy atom. The van der Waals surface area contributed by atoms with Crippen LogP contribution < -0.4 is 0 Å². The number of methoxy groups -OCH3 is 2. The summed E-state index contributed by atoms with van der Waals surface area (Å²) in [5, 5.41) is 0. The molecule has 1 fully saturated rings. The topological polar surface area (TPSA) is 52.6 Å². The van der Waals surface area contributed by atoms with E-state index in [0.29, 0.717) is 0 Å². The van der Waals surface area contributed by atoms with Crippen molar-refractivity contribution in [3.8, 4) is 0 Å². The molecule has 0 spiro atoms. The van der Waals surface area contributed by atoms with E-state index in [4.69, 9.17) is 9.47 Å². The molecule has 0 aromatic heterocycles. The molecule has 0 N–H and O–H groups in total. The second-order valence-corrected chi connectivity index (χ2v) is 5.97. The van der Waals surface area contributed by atoms with Gasteiger partial charge >= 0.3 is 11.9 Å². The number of rotatable bonds is 4. The summed E-state index contributed by atoms with van der Waals surface area (Å²) in [5.74, 6) is -2.02. The molecule has 1 aliphatic carbocycles. The normalized spacial score (nSPS) is 25.4. The standard InChI is InChI=1S/C20H20O4/c1-23-19(21)17-15(13-9-5-3-6-10-13)16(18(17)20(22)24-2)14-11-7-4-8-12-14/h3-12,15-18H,1-2H3/t15-,16+,17-,18+. The van der Waals surface area contributed by atoms with Crippen LogP contribution in [0.4, 0.5) is 0 Å². The summed E-state index contributed by atoms with van der Waals surface area (Å²) < 4.78 is 9.94. The molecule has 0 heterocycles. The van der Waals surface area contributed by atoms with Crippen LogP contribution in [0, 0.1) is 11.8 Å². The van der Waals surface area contributed by atoms with Crippen LogP contribution in [-0.2, 0) is 19.1 Å². The Bertz CT molecular complexity index is 647. The fourth-order valence-corrected chi connectivity index (χ4v) is 3.79. The summed E-state index contributed by atoms with van der Waals surface area (Å²) in [5.41, 5.74) is 2.06. The predicted octanol–water partition coefficient (Wildman–Crippen LogP) is 3.15. The Hall–Kier alpha value is -2.62. The van der Waals surface area contributed by atoms with Gasteiger partial charge < -0.3 is 9.47 Å². The van der Waals surface area contributed by atoms with Gasteiger partial charge in [0.15, 0.2) is 0 Å². The quantitative estimate of drug-likeness (QED) is 0.811. The monoisotopic (exact) mass is 324 g/mol. The highest BCUT2D eigenvalue weighted by atomic mass is 16.5. The summed E-state index contributed by atoms with van der Waals surface area (Å²) in [7, 11) is 2.71. The molecule has 0 aliphatic heterocycles. The van der Waals surface area contributed by atoms with Gasteiger partial charge in [-0.15, -0.1) is 0 Å². The number of ether oxygens (including phenoxy) is 2. The summed E-state index contributed by atoms with van der Waals surface area (Å²) in [4.78, 5) is 24.7. The van der Waals surface area contributed by atoms with Crippen LogP contribution in [0.15, 0.2) is 60.7 Å². The number of esters is 2. The van der Waals surface area contributed by atoms with Crippen molar-refractivity contribution in [3.05, 3.63) is 71.8 Å². The summed E-state index contributed by atoms with van der Waals surface area (Å²) >= 11 is 0. The van der Waals surface area contributed by atoms with Crippen LogP contribution in [0.2, 0.25) is 0 Å². The SMILES string of the molecule is COC(=O)[C@@H]1[C@H](C(=O)OC)[C@H](c2ccccc2)[C@@H]1c1ccccc1. The summed E-state index contributed by atoms with van der Waals surface area (Å²) in [6.07, 6.45) is 0. The Balaban J connectivity index is 2.07. The summed E-state index contributed by atoms with van der Waals surface area (Å²) in [6.45, 7) is 0. The van der Waals surface area contributed by atoms with Gasteiger partial charge in [0.1, 0.15) is 0 Å². The van der Waals surface area contributed by atoms with E-state index in [0.717, 1.165) is 11.1 Å². The van der Waals surface area contributed by atoms with Crippen molar-refractivity contribution >= 4 is 11.9 Å². The zero-order valence-electron chi connectivity index (χ0n) is 13.7. The molecule has 124 valence electrons. The zero-order chi connectivity index (χ0) is 17.1. The Kier molecular flexibility index (Phi) is 4.65. The van der Waals surface area contributed by atoms with E-state index in [1.165, 1.54) is 14.2 Å². The van der Waals surface area contributed by atoms with Gasteiger partial charge in [-0.3, -0.25) is 9.59 Å². The molecule has 0 saturated heterocycles. The number of benzene rings is 2. The van der Waals surface area contributed by atoms with E-state index in [1.54, 1.807) is 0 Å². The maximum absolute atomic E-state index is 12.4. The van der Waals surface area contributed by atoms with Crippen molar-refractivity contribution < 1.29 is 19.1 Å². The molecule has 0 bridgehead atoms. The summed E-state index contributed by atoms with van der Waals surface area (Å²) in [6, 6.07) is 19.6. The van der Waals surface area contributed by atoms with E-state index in [-0.39, 0.29) is 23.8 Å². The molecule has 24 heavy (non-hydrogen) atoms. The predicted molar refractivity (Wildman–Crippen MR) is 89.4 cm³/mol. The average Bonchev–Trinajstić information content (AvgIpc) is 2.62. The first kappa shape index (κ1) is 16.2. The molecule has 0 radical (unpaired) electrons. The first-order chi connectivity index (χ1) is 11.7. The van der Waals surface area contributed by atoms with Crippen LogP contribution in [0.5, 0.6) is 0 Å². The van der Waals surface area contributed by atoms with Crippen LogP contribution in [0.3, 0.4) is 0 Å². The molecular weight excluding hydrogens is 304 g/mol. The smallest absolute Gasteiger partial charge is 0.310 e. The van der Waals surface area contributed by atoms with E-state index in [2.05, 4.69) is 0 Å². The van der Waals surface area contributed by atoms with Crippen molar-refractivity contribution in [3.63, 3.8) is 0 Å². The van der Waals surface area contributed by atoms with Crippen molar-refractivity contribution in [2.75, 3.05) is 14.2 Å². The largest absolute Gasteiger partial charge is 0.469 e. The van der Waals surface area contributed by atoms with Gasteiger partial charge in [0, 0.05) is 11.8 Å². The molecule has 0 unspecified atom stereocenters. The second-order valence-electron chi connectivity index (χ2n) is 5.97. The second kappa shape index (κ2) is 6.87. The maximum Gasteiger partial charge on any atom is 0.310 e. The zero-order valence-corrected chi connectivity index (χ0v) is 13.7. The third-order valence-electron chi connectivity index (χ3n) is 4.86. The molecule has 4 nitrogen and oxygen atoms in total. The Morgan fingerprint density at radius 1 is 0.667 bits per heavy atom. The van der Waals surface area contributed by atoms with Crippen molar-refractivity contribution in [1.29, 1.82) is 0 Å². The molecular formula is C20H20O4. The van der Waals surface area contributed by atoms with Gasteiger partial charge in [-0.05, 0) is 11.1 Å². The lowest BCUT2D eigenvalue weighted by Gasteiger charge is -2.49. The lowest BCUT2D eigenvalue weighted by Crippen LogP contribution is -2.52. The van der Waals surface area contributed by atoms with Crippen molar-refractivity contribution in [2.45, 2.75) is 11.8 Å². The maximum atomic E-state index is 12.4. The molecule has 2 aromatic rings. The molecule has 1 saturated carbocycles. The molecule has 4 heteroatoms. The first-order valence-electron chi connectivity index (χ1n) is 7.94. The van der Waals surface area contributed by atoms with Gasteiger partial charge in [-0.1, -0.05) is 60.7 Å². The highest BCUT2D eigenvalue weighted by molar-refractivity contribution is 5.87. The number of hydrogen-bond acceptors (Lipinski definition) is 4. The first-order valence-corrected chi connectivity index (χ1v) is 7.94. The molecule has 0 amide bonds. The van der Waals surface area contributed by atoms with Crippen molar-refractivity contribution in [2.24, 2.45) is 11.8 Å². The number of hydrogen-bond donors (Lipinski definition) is 0. The van der Waals surface area contributed by atoms with Crippen LogP contribution in [0.1, 0.15) is 23.0 Å². The lowest BCUT2D eigenvalue weighted by molar-refractivity contribution is -0.168. The highest BCUT2D eigenvalue weighted by Crippen LogP contribution is 2.58. The average molecular weight is 324 g/mol. The molecule has 1 aliphatic rings. The van der Waals surface area contributed by atoms with Crippen molar-refractivity contribution in [1.82, 2.24) is 0 Å². The van der Waals surface area contributed by atoms with Crippen LogP contribution >= 0.6 is 0 Å². The third kappa shape index (κ3) is 2.68. The van der Waals surface area contributed by atoms with Gasteiger partial charge in [0.2, 0.25) is 0 Å². The number of carbonyl (C=O) groups is 2. The minimum atomic E-state index is -0.532. The third-order valence-corrected chi connectivity index (χ3v) is 4.86. The van der Waals surface area contributed by atoms with E-state index in [9.17, 15) is 9.59 Å². The van der Waals surface area contributed by atoms with Gasteiger partial charge in [-0.25, -0.2) is 0 Å². The van der Waals surface area contributed by atoms with Crippen LogP contribution in [0.25, 0.3) is 0 Å². The van der Waals surface area contributed by atoms with Crippen LogP contribution in [-0.4, -0.2) is 26.2 Å². The Labute approximate surface area is 141 Å². The van der Waals surface area contributed by atoms with E-state index in [1.807, 2.05) is 60.7 Å². The highest BCUT2D eigenvalue weighted by Gasteiger charge is 2.59. The minimum absolute atomic E-state index is 0.106. The fraction of sp³-hybridized carbons (Fsp3) is 0.300. The van der Waals surface area contributed by atoms with E-state index < -0.39 is 11.8 Å².